The highest BCUT2D eigenvalue weighted by molar-refractivity contribution is 5.11. The van der Waals surface area contributed by atoms with Crippen molar-refractivity contribution >= 4 is 0 Å². The molecule has 0 aromatic carbocycles. The van der Waals surface area contributed by atoms with Gasteiger partial charge in [0.05, 0.1) is 6.20 Å². The second kappa shape index (κ2) is 4.09. The normalized spacial score (nSPS) is 43.3. The Bertz CT molecular complexity index is 413. The van der Waals surface area contributed by atoms with Gasteiger partial charge in [0.1, 0.15) is 0 Å². The summed E-state index contributed by atoms with van der Waals surface area (Å²) >= 11 is 0. The number of hydrogen-bond acceptors (Lipinski definition) is 2. The predicted molar refractivity (Wildman–Crippen MR) is 71.0 cm³/mol. The average molecular weight is 245 g/mol. The van der Waals surface area contributed by atoms with E-state index in [9.17, 15) is 0 Å². The smallest absolute Gasteiger partial charge is 0.0534 e. The Balaban J connectivity index is 1.45. The number of fused-ring (bicyclic) bond motifs is 5. The summed E-state index contributed by atoms with van der Waals surface area (Å²) < 4.78 is 0. The summed E-state index contributed by atoms with van der Waals surface area (Å²) in [6.45, 7) is 2.27. The van der Waals surface area contributed by atoms with Gasteiger partial charge in [-0.25, -0.2) is 0 Å². The molecule has 0 radical (unpaired) electrons. The van der Waals surface area contributed by atoms with Crippen LogP contribution >= 0.6 is 0 Å². The predicted octanol–water partition coefficient (Wildman–Crippen LogP) is 2.89. The topological polar surface area (TPSA) is 40.7 Å². The molecule has 0 saturated heterocycles. The summed E-state index contributed by atoms with van der Waals surface area (Å²) in [6, 6.07) is 1.20. The summed E-state index contributed by atoms with van der Waals surface area (Å²) in [5.41, 5.74) is 1.29. The van der Waals surface area contributed by atoms with Crippen molar-refractivity contribution in [1.82, 2.24) is 15.5 Å². The van der Waals surface area contributed by atoms with Crippen LogP contribution in [0.4, 0.5) is 0 Å². The minimum atomic E-state index is 0.438. The van der Waals surface area contributed by atoms with E-state index in [0.29, 0.717) is 6.04 Å². The fraction of sp³-hybridized carbons (Fsp3) is 0.800. The van der Waals surface area contributed by atoms with Crippen molar-refractivity contribution < 1.29 is 0 Å². The van der Waals surface area contributed by atoms with E-state index in [1.54, 1.807) is 0 Å². The minimum absolute atomic E-state index is 0.438. The number of H-pyrrole nitrogens is 1. The highest BCUT2D eigenvalue weighted by Crippen LogP contribution is 2.58. The van der Waals surface area contributed by atoms with Crippen LogP contribution in [0.5, 0.6) is 0 Å². The third-order valence-corrected chi connectivity index (χ3v) is 5.91. The average Bonchev–Trinajstić information content (AvgIpc) is 3.11. The van der Waals surface area contributed by atoms with Crippen molar-refractivity contribution in [1.29, 1.82) is 0 Å². The Morgan fingerprint density at radius 3 is 3.00 bits per heavy atom. The SMILES string of the molecule is CC(NC1CC2CC1C1CCCC21)c1cn[nH]c1. The third kappa shape index (κ3) is 1.56. The molecule has 1 aromatic rings. The van der Waals surface area contributed by atoms with E-state index in [1.165, 1.54) is 37.7 Å². The standard InChI is InChI=1S/C15H23N3/c1-9(11-7-16-17-8-11)18-15-6-10-5-14(15)13-4-2-3-12(10)13/h7-10,12-15,18H,2-6H2,1H3,(H,16,17). The van der Waals surface area contributed by atoms with Crippen LogP contribution in [0.15, 0.2) is 12.4 Å². The van der Waals surface area contributed by atoms with Crippen molar-refractivity contribution in [3.8, 4) is 0 Å². The van der Waals surface area contributed by atoms with Crippen molar-refractivity contribution in [3.63, 3.8) is 0 Å². The van der Waals surface area contributed by atoms with E-state index in [2.05, 4.69) is 22.4 Å². The molecular formula is C15H23N3. The van der Waals surface area contributed by atoms with Gasteiger partial charge in [0.15, 0.2) is 0 Å². The summed E-state index contributed by atoms with van der Waals surface area (Å²) in [5.74, 6) is 4.16. The van der Waals surface area contributed by atoms with E-state index < -0.39 is 0 Å². The van der Waals surface area contributed by atoms with Gasteiger partial charge in [-0.2, -0.15) is 5.10 Å². The molecule has 2 bridgehead atoms. The maximum Gasteiger partial charge on any atom is 0.0534 e. The Labute approximate surface area is 109 Å². The molecule has 3 aliphatic rings. The van der Waals surface area contributed by atoms with Crippen LogP contribution in [0.2, 0.25) is 0 Å². The first kappa shape index (κ1) is 11.0. The summed E-state index contributed by atoms with van der Waals surface area (Å²) in [7, 11) is 0. The first-order valence-electron chi connectivity index (χ1n) is 7.57. The molecule has 98 valence electrons. The van der Waals surface area contributed by atoms with Gasteiger partial charge in [-0.15, -0.1) is 0 Å². The highest BCUT2D eigenvalue weighted by Gasteiger charge is 2.53. The molecule has 18 heavy (non-hydrogen) atoms. The Morgan fingerprint density at radius 2 is 2.17 bits per heavy atom. The van der Waals surface area contributed by atoms with Gasteiger partial charge in [0, 0.05) is 23.8 Å². The number of aromatic amines is 1. The summed E-state index contributed by atoms with van der Waals surface area (Å²) in [6.07, 6.45) is 11.4. The number of hydrogen-bond donors (Lipinski definition) is 2. The molecule has 0 aliphatic heterocycles. The van der Waals surface area contributed by atoms with Crippen LogP contribution < -0.4 is 5.32 Å². The van der Waals surface area contributed by atoms with Gasteiger partial charge in [-0.3, -0.25) is 5.10 Å². The lowest BCUT2D eigenvalue weighted by Crippen LogP contribution is -2.40. The molecule has 3 fully saturated rings. The van der Waals surface area contributed by atoms with Crippen LogP contribution in [-0.4, -0.2) is 16.2 Å². The first-order valence-corrected chi connectivity index (χ1v) is 7.57. The van der Waals surface area contributed by atoms with Gasteiger partial charge < -0.3 is 5.32 Å². The third-order valence-electron chi connectivity index (χ3n) is 5.91. The van der Waals surface area contributed by atoms with Gasteiger partial charge in [-0.1, -0.05) is 6.42 Å². The lowest BCUT2D eigenvalue weighted by Gasteiger charge is -2.33. The number of nitrogens with zero attached hydrogens (tertiary/aromatic N) is 1. The van der Waals surface area contributed by atoms with Crippen LogP contribution in [0.3, 0.4) is 0 Å². The van der Waals surface area contributed by atoms with Crippen LogP contribution in [-0.2, 0) is 0 Å². The molecule has 3 aliphatic carbocycles. The van der Waals surface area contributed by atoms with Gasteiger partial charge in [-0.05, 0) is 56.3 Å². The van der Waals surface area contributed by atoms with Crippen molar-refractivity contribution in [2.24, 2.45) is 23.7 Å². The van der Waals surface area contributed by atoms with Crippen molar-refractivity contribution in [2.45, 2.75) is 51.1 Å². The summed E-state index contributed by atoms with van der Waals surface area (Å²) in [5, 5.41) is 10.8. The molecule has 1 aromatic heterocycles. The zero-order valence-corrected chi connectivity index (χ0v) is 11.1. The summed E-state index contributed by atoms with van der Waals surface area (Å²) in [4.78, 5) is 0. The molecule has 0 spiro atoms. The van der Waals surface area contributed by atoms with E-state index in [0.717, 1.165) is 29.7 Å². The lowest BCUT2D eigenvalue weighted by molar-refractivity contribution is 0.200. The minimum Gasteiger partial charge on any atom is -0.307 e. The lowest BCUT2D eigenvalue weighted by atomic mass is 9.79. The Morgan fingerprint density at radius 1 is 1.28 bits per heavy atom. The number of nitrogens with one attached hydrogen (secondary N) is 2. The second-order valence-corrected chi connectivity index (χ2v) is 6.68. The first-order chi connectivity index (χ1) is 8.83. The van der Waals surface area contributed by atoms with Gasteiger partial charge >= 0.3 is 0 Å². The molecule has 6 atom stereocenters. The molecular weight excluding hydrogens is 222 g/mol. The maximum atomic E-state index is 4.05. The van der Waals surface area contributed by atoms with Gasteiger partial charge in [0.2, 0.25) is 0 Å². The van der Waals surface area contributed by atoms with Crippen molar-refractivity contribution in [2.75, 3.05) is 0 Å². The molecule has 0 amide bonds. The monoisotopic (exact) mass is 245 g/mol. The second-order valence-electron chi connectivity index (χ2n) is 6.68. The molecule has 1 heterocycles. The van der Waals surface area contributed by atoms with E-state index in [4.69, 9.17) is 0 Å². The molecule has 3 heteroatoms. The van der Waals surface area contributed by atoms with E-state index >= 15 is 0 Å². The van der Waals surface area contributed by atoms with Crippen LogP contribution in [0.25, 0.3) is 0 Å². The fourth-order valence-corrected chi connectivity index (χ4v) is 5.17. The largest absolute Gasteiger partial charge is 0.307 e. The fourth-order valence-electron chi connectivity index (χ4n) is 5.17. The van der Waals surface area contributed by atoms with Crippen molar-refractivity contribution in [3.05, 3.63) is 18.0 Å². The van der Waals surface area contributed by atoms with Gasteiger partial charge in [0.25, 0.3) is 0 Å². The molecule has 2 N–H and O–H groups in total. The Kier molecular flexibility index (Phi) is 2.51. The maximum absolute atomic E-state index is 4.05. The van der Waals surface area contributed by atoms with Crippen LogP contribution in [0.1, 0.15) is 50.6 Å². The molecule has 4 rings (SSSR count). The highest BCUT2D eigenvalue weighted by atomic mass is 15.1. The number of aromatic nitrogens is 2. The quantitative estimate of drug-likeness (QED) is 0.859. The molecule has 6 unspecified atom stereocenters. The zero-order chi connectivity index (χ0) is 12.1. The van der Waals surface area contributed by atoms with E-state index in [1.807, 2.05) is 12.4 Å². The molecule has 3 saturated carbocycles. The van der Waals surface area contributed by atoms with E-state index in [-0.39, 0.29) is 0 Å². The Hall–Kier alpha value is -0.830. The number of rotatable bonds is 3. The van der Waals surface area contributed by atoms with Crippen LogP contribution in [0, 0.1) is 23.7 Å². The zero-order valence-electron chi connectivity index (χ0n) is 11.1. The molecule has 3 nitrogen and oxygen atoms in total.